The van der Waals surface area contributed by atoms with E-state index in [9.17, 15) is 4.79 Å². The third-order valence-corrected chi connectivity index (χ3v) is 2.49. The normalized spacial score (nSPS) is 23.6. The number of H-pyrrole nitrogens is 1. The molecule has 14 heavy (non-hydrogen) atoms. The van der Waals surface area contributed by atoms with Gasteiger partial charge < -0.3 is 4.79 Å². The first kappa shape index (κ1) is 9.26. The van der Waals surface area contributed by atoms with Crippen molar-refractivity contribution in [3.8, 4) is 0 Å². The molecule has 0 saturated carbocycles. The van der Waals surface area contributed by atoms with E-state index in [1.807, 2.05) is 0 Å². The summed E-state index contributed by atoms with van der Waals surface area (Å²) < 4.78 is 0. The maximum absolute atomic E-state index is 10.6. The maximum Gasteiger partial charge on any atom is 0.188 e. The van der Waals surface area contributed by atoms with Crippen LogP contribution in [0.1, 0.15) is 18.7 Å². The van der Waals surface area contributed by atoms with Crippen LogP contribution in [0.25, 0.3) is 0 Å². The SMILES string of the molecule is O=CC1CCCN(Cc2nn[nH]n2)C1. The molecule has 1 aliphatic heterocycles. The minimum absolute atomic E-state index is 0.177. The molecule has 0 aliphatic carbocycles. The van der Waals surface area contributed by atoms with E-state index in [1.54, 1.807) is 0 Å². The van der Waals surface area contributed by atoms with Gasteiger partial charge in [-0.2, -0.15) is 5.21 Å². The molecule has 1 aliphatic rings. The van der Waals surface area contributed by atoms with E-state index >= 15 is 0 Å². The molecule has 76 valence electrons. The summed E-state index contributed by atoms with van der Waals surface area (Å²) in [4.78, 5) is 12.8. The van der Waals surface area contributed by atoms with Gasteiger partial charge >= 0.3 is 0 Å². The van der Waals surface area contributed by atoms with E-state index in [1.165, 1.54) is 0 Å². The number of tetrazole rings is 1. The highest BCUT2D eigenvalue weighted by molar-refractivity contribution is 5.53. The molecule has 1 atom stereocenters. The second-order valence-electron chi connectivity index (χ2n) is 3.60. The Morgan fingerprint density at radius 1 is 1.64 bits per heavy atom. The Morgan fingerprint density at radius 2 is 2.57 bits per heavy atom. The van der Waals surface area contributed by atoms with Crippen molar-refractivity contribution in [1.29, 1.82) is 0 Å². The van der Waals surface area contributed by atoms with Gasteiger partial charge in [0.15, 0.2) is 5.82 Å². The van der Waals surface area contributed by atoms with Gasteiger partial charge in [-0.1, -0.05) is 5.21 Å². The molecule has 1 aromatic heterocycles. The van der Waals surface area contributed by atoms with Crippen LogP contribution in [0.4, 0.5) is 0 Å². The van der Waals surface area contributed by atoms with Gasteiger partial charge in [0.2, 0.25) is 0 Å². The van der Waals surface area contributed by atoms with Gasteiger partial charge in [0.1, 0.15) is 6.29 Å². The molecule has 1 unspecified atom stereocenters. The topological polar surface area (TPSA) is 74.8 Å². The number of hydrogen-bond acceptors (Lipinski definition) is 5. The predicted octanol–water partition coefficient (Wildman–Crippen LogP) is -0.389. The van der Waals surface area contributed by atoms with Gasteiger partial charge in [-0.05, 0) is 19.4 Å². The summed E-state index contributed by atoms with van der Waals surface area (Å²) in [6.07, 6.45) is 3.12. The molecule has 1 saturated heterocycles. The smallest absolute Gasteiger partial charge is 0.188 e. The maximum atomic E-state index is 10.6. The molecule has 0 radical (unpaired) electrons. The van der Waals surface area contributed by atoms with Crippen LogP contribution in [0, 0.1) is 5.92 Å². The first-order chi connectivity index (χ1) is 6.88. The first-order valence-electron chi connectivity index (χ1n) is 4.78. The molecule has 1 aromatic rings. The number of carbonyl (C=O) groups is 1. The Labute approximate surface area is 81.7 Å². The minimum atomic E-state index is 0.177. The summed E-state index contributed by atoms with van der Waals surface area (Å²) in [5.41, 5.74) is 0. The Morgan fingerprint density at radius 3 is 3.29 bits per heavy atom. The van der Waals surface area contributed by atoms with Gasteiger partial charge in [0.05, 0.1) is 6.54 Å². The number of nitrogens with zero attached hydrogens (tertiary/aromatic N) is 4. The number of likely N-dealkylation sites (tertiary alicyclic amines) is 1. The average molecular weight is 195 g/mol. The Balaban J connectivity index is 1.89. The van der Waals surface area contributed by atoms with Gasteiger partial charge in [-0.25, -0.2) is 0 Å². The third kappa shape index (κ3) is 2.14. The summed E-state index contributed by atoms with van der Waals surface area (Å²) in [5, 5.41) is 13.7. The zero-order chi connectivity index (χ0) is 9.80. The lowest BCUT2D eigenvalue weighted by molar-refractivity contribution is -0.112. The van der Waals surface area contributed by atoms with Gasteiger partial charge in [0.25, 0.3) is 0 Å². The number of piperidine rings is 1. The van der Waals surface area contributed by atoms with Gasteiger partial charge in [-0.3, -0.25) is 4.90 Å². The summed E-state index contributed by atoms with van der Waals surface area (Å²) in [7, 11) is 0. The molecular weight excluding hydrogens is 182 g/mol. The second kappa shape index (κ2) is 4.28. The molecule has 0 amide bonds. The van der Waals surface area contributed by atoms with Crippen molar-refractivity contribution in [2.24, 2.45) is 5.92 Å². The molecule has 0 aromatic carbocycles. The van der Waals surface area contributed by atoms with E-state index < -0.39 is 0 Å². The van der Waals surface area contributed by atoms with Crippen LogP contribution in [-0.4, -0.2) is 44.9 Å². The molecule has 2 rings (SSSR count). The van der Waals surface area contributed by atoms with E-state index in [0.29, 0.717) is 12.4 Å². The van der Waals surface area contributed by atoms with Crippen molar-refractivity contribution in [2.45, 2.75) is 19.4 Å². The summed E-state index contributed by atoms with van der Waals surface area (Å²) in [6.45, 7) is 2.51. The van der Waals surface area contributed by atoms with E-state index in [2.05, 4.69) is 25.5 Å². The summed E-state index contributed by atoms with van der Waals surface area (Å²) in [6, 6.07) is 0. The molecular formula is C8H13N5O. The minimum Gasteiger partial charge on any atom is -0.303 e. The van der Waals surface area contributed by atoms with Crippen molar-refractivity contribution in [3.63, 3.8) is 0 Å². The molecule has 6 heteroatoms. The van der Waals surface area contributed by atoms with Gasteiger partial charge in [-0.15, -0.1) is 10.2 Å². The number of rotatable bonds is 3. The first-order valence-corrected chi connectivity index (χ1v) is 4.78. The Hall–Kier alpha value is -1.30. The number of hydrogen-bond donors (Lipinski definition) is 1. The van der Waals surface area contributed by atoms with Crippen molar-refractivity contribution in [2.75, 3.05) is 13.1 Å². The molecule has 0 spiro atoms. The Bertz CT molecular complexity index is 286. The number of carbonyl (C=O) groups excluding carboxylic acids is 1. The molecule has 2 heterocycles. The quantitative estimate of drug-likeness (QED) is 0.665. The standard InChI is InChI=1S/C8H13N5O/c14-6-7-2-1-3-13(4-7)5-8-9-11-12-10-8/h6-7H,1-5H2,(H,9,10,11,12). The summed E-state index contributed by atoms with van der Waals surface area (Å²) in [5.74, 6) is 0.868. The lowest BCUT2D eigenvalue weighted by Gasteiger charge is -2.28. The molecule has 1 N–H and O–H groups in total. The van der Waals surface area contributed by atoms with E-state index in [4.69, 9.17) is 0 Å². The summed E-state index contributed by atoms with van der Waals surface area (Å²) >= 11 is 0. The fourth-order valence-electron chi connectivity index (χ4n) is 1.80. The van der Waals surface area contributed by atoms with Gasteiger partial charge in [0, 0.05) is 12.5 Å². The predicted molar refractivity (Wildman–Crippen MR) is 48.2 cm³/mol. The van der Waals surface area contributed by atoms with Crippen LogP contribution in [0.5, 0.6) is 0 Å². The lowest BCUT2D eigenvalue weighted by Crippen LogP contribution is -2.35. The van der Waals surface area contributed by atoms with Crippen LogP contribution in [0.2, 0.25) is 0 Å². The van der Waals surface area contributed by atoms with Crippen LogP contribution in [-0.2, 0) is 11.3 Å². The van der Waals surface area contributed by atoms with Crippen LogP contribution >= 0.6 is 0 Å². The Kier molecular flexibility index (Phi) is 2.83. The fourth-order valence-corrected chi connectivity index (χ4v) is 1.80. The van der Waals surface area contributed by atoms with E-state index in [0.717, 1.165) is 32.2 Å². The largest absolute Gasteiger partial charge is 0.303 e. The average Bonchev–Trinajstić information content (AvgIpc) is 2.71. The zero-order valence-corrected chi connectivity index (χ0v) is 7.89. The zero-order valence-electron chi connectivity index (χ0n) is 7.89. The third-order valence-electron chi connectivity index (χ3n) is 2.49. The van der Waals surface area contributed by atoms with Crippen molar-refractivity contribution in [1.82, 2.24) is 25.5 Å². The van der Waals surface area contributed by atoms with Crippen molar-refractivity contribution in [3.05, 3.63) is 5.82 Å². The van der Waals surface area contributed by atoms with E-state index in [-0.39, 0.29) is 5.92 Å². The number of aromatic nitrogens is 4. The number of nitrogens with one attached hydrogen (secondary N) is 1. The fraction of sp³-hybridized carbons (Fsp3) is 0.750. The van der Waals surface area contributed by atoms with Crippen molar-refractivity contribution >= 4 is 6.29 Å². The lowest BCUT2D eigenvalue weighted by atomic mass is 10.00. The highest BCUT2D eigenvalue weighted by atomic mass is 16.1. The number of aldehydes is 1. The molecule has 1 fully saturated rings. The second-order valence-corrected chi connectivity index (χ2v) is 3.60. The molecule has 0 bridgehead atoms. The highest BCUT2D eigenvalue weighted by Crippen LogP contribution is 2.15. The van der Waals surface area contributed by atoms with Crippen LogP contribution in [0.15, 0.2) is 0 Å². The number of aromatic amines is 1. The van der Waals surface area contributed by atoms with Crippen LogP contribution < -0.4 is 0 Å². The highest BCUT2D eigenvalue weighted by Gasteiger charge is 2.20. The van der Waals surface area contributed by atoms with Crippen LogP contribution in [0.3, 0.4) is 0 Å². The van der Waals surface area contributed by atoms with Crippen molar-refractivity contribution < 1.29 is 4.79 Å². The monoisotopic (exact) mass is 195 g/mol. The molecule has 6 nitrogen and oxygen atoms in total.